The number of ether oxygens (including phenoxy) is 3. The van der Waals surface area contributed by atoms with Crippen LogP contribution in [0.5, 0.6) is 0 Å². The Morgan fingerprint density at radius 1 is 1.30 bits per heavy atom. The van der Waals surface area contributed by atoms with E-state index >= 15 is 0 Å². The number of nitrogens with zero attached hydrogens (tertiary/aromatic N) is 1. The van der Waals surface area contributed by atoms with Crippen LogP contribution in [-0.4, -0.2) is 56.0 Å². The molecule has 1 unspecified atom stereocenters. The van der Waals surface area contributed by atoms with Crippen LogP contribution >= 0.6 is 11.6 Å². The monoisotopic (exact) mass is 440 g/mol. The van der Waals surface area contributed by atoms with E-state index in [4.69, 9.17) is 21.1 Å². The van der Waals surface area contributed by atoms with E-state index in [0.29, 0.717) is 31.3 Å². The zero-order valence-electron chi connectivity index (χ0n) is 18.3. The van der Waals surface area contributed by atoms with Crippen LogP contribution < -0.4 is 5.32 Å². The first-order valence-electron chi connectivity index (χ1n) is 10.4. The topological polar surface area (TPSA) is 77.1 Å². The second kappa shape index (κ2) is 11.4. The Morgan fingerprint density at radius 2 is 2.07 bits per heavy atom. The minimum atomic E-state index is -0.540. The highest BCUT2D eigenvalue weighted by Gasteiger charge is 2.32. The number of hydrogen-bond donors (Lipinski definition) is 1. The average molecular weight is 441 g/mol. The summed E-state index contributed by atoms with van der Waals surface area (Å²) in [4.78, 5) is 25.7. The summed E-state index contributed by atoms with van der Waals surface area (Å²) >= 11 is 6.22. The summed E-state index contributed by atoms with van der Waals surface area (Å²) in [5, 5.41) is 3.25. The summed E-state index contributed by atoms with van der Waals surface area (Å²) in [6.45, 7) is 7.45. The van der Waals surface area contributed by atoms with Gasteiger partial charge in [0.25, 0.3) is 0 Å². The first-order valence-corrected chi connectivity index (χ1v) is 10.7. The van der Waals surface area contributed by atoms with E-state index in [1.165, 1.54) is 7.11 Å². The number of hydrogen-bond acceptors (Lipinski definition) is 5. The van der Waals surface area contributed by atoms with Gasteiger partial charge in [0.2, 0.25) is 0 Å². The van der Waals surface area contributed by atoms with Crippen molar-refractivity contribution in [3.05, 3.63) is 34.9 Å². The van der Waals surface area contributed by atoms with Crippen LogP contribution in [0.2, 0.25) is 5.02 Å². The van der Waals surface area contributed by atoms with E-state index in [9.17, 15) is 9.59 Å². The normalized spacial score (nSPS) is 18.3. The van der Waals surface area contributed by atoms with Crippen molar-refractivity contribution in [1.29, 1.82) is 0 Å². The summed E-state index contributed by atoms with van der Waals surface area (Å²) in [6, 6.07) is 7.58. The molecule has 8 heteroatoms. The number of methoxy groups -OCH3 is 1. The van der Waals surface area contributed by atoms with Gasteiger partial charge in [-0.3, -0.25) is 0 Å². The lowest BCUT2D eigenvalue weighted by molar-refractivity contribution is -0.00821. The molecule has 0 aliphatic carbocycles. The fraction of sp³-hybridized carbons (Fsp3) is 0.636. The average Bonchev–Trinajstić information content (AvgIpc) is 2.92. The quantitative estimate of drug-likeness (QED) is 0.643. The SMILES string of the molecule is COC(=O)NCCO[C@@H](c1cccc(Cl)c1)C1CCCCN(C(=O)OC(C)(C)C)C1. The van der Waals surface area contributed by atoms with Gasteiger partial charge in [-0.2, -0.15) is 0 Å². The van der Waals surface area contributed by atoms with Crippen molar-refractivity contribution in [1.82, 2.24) is 10.2 Å². The van der Waals surface area contributed by atoms with Crippen molar-refractivity contribution in [2.45, 2.75) is 51.7 Å². The number of nitrogens with one attached hydrogen (secondary N) is 1. The van der Waals surface area contributed by atoms with Gasteiger partial charge in [-0.25, -0.2) is 9.59 Å². The van der Waals surface area contributed by atoms with Crippen LogP contribution in [0.1, 0.15) is 51.7 Å². The molecular weight excluding hydrogens is 408 g/mol. The maximum atomic E-state index is 12.7. The Morgan fingerprint density at radius 3 is 2.73 bits per heavy atom. The third kappa shape index (κ3) is 8.03. The van der Waals surface area contributed by atoms with Crippen molar-refractivity contribution in [3.63, 3.8) is 0 Å². The molecule has 30 heavy (non-hydrogen) atoms. The predicted molar refractivity (Wildman–Crippen MR) is 116 cm³/mol. The minimum absolute atomic E-state index is 0.0802. The molecule has 1 aromatic carbocycles. The molecule has 0 bridgehead atoms. The van der Waals surface area contributed by atoms with E-state index in [1.54, 1.807) is 4.90 Å². The highest BCUT2D eigenvalue weighted by atomic mass is 35.5. The van der Waals surface area contributed by atoms with E-state index in [1.807, 2.05) is 45.0 Å². The molecule has 2 rings (SSSR count). The third-order valence-electron chi connectivity index (χ3n) is 4.82. The van der Waals surface area contributed by atoms with E-state index in [-0.39, 0.29) is 18.1 Å². The highest BCUT2D eigenvalue weighted by molar-refractivity contribution is 6.30. The molecule has 1 aliphatic rings. The molecule has 1 N–H and O–H groups in total. The largest absolute Gasteiger partial charge is 0.453 e. The lowest BCUT2D eigenvalue weighted by Crippen LogP contribution is -2.40. The van der Waals surface area contributed by atoms with Crippen LogP contribution in [0, 0.1) is 5.92 Å². The lowest BCUT2D eigenvalue weighted by Gasteiger charge is -2.32. The van der Waals surface area contributed by atoms with Gasteiger partial charge >= 0.3 is 12.2 Å². The number of amides is 2. The van der Waals surface area contributed by atoms with Crippen molar-refractivity contribution >= 4 is 23.8 Å². The Bertz CT molecular complexity index is 707. The molecule has 0 aromatic heterocycles. The van der Waals surface area contributed by atoms with Gasteiger partial charge in [0.1, 0.15) is 5.60 Å². The van der Waals surface area contributed by atoms with Gasteiger partial charge in [-0.1, -0.05) is 30.2 Å². The number of alkyl carbamates (subject to hydrolysis) is 1. The second-order valence-corrected chi connectivity index (χ2v) is 8.88. The van der Waals surface area contributed by atoms with Crippen LogP contribution in [0.4, 0.5) is 9.59 Å². The molecule has 1 aliphatic heterocycles. The summed E-state index contributed by atoms with van der Waals surface area (Å²) < 4.78 is 16.4. The maximum Gasteiger partial charge on any atom is 0.410 e. The number of benzene rings is 1. The number of likely N-dealkylation sites (tertiary alicyclic amines) is 1. The van der Waals surface area contributed by atoms with E-state index < -0.39 is 11.7 Å². The van der Waals surface area contributed by atoms with Gasteiger partial charge in [-0.15, -0.1) is 0 Å². The van der Waals surface area contributed by atoms with Crippen molar-refractivity contribution in [2.75, 3.05) is 33.4 Å². The highest BCUT2D eigenvalue weighted by Crippen LogP contribution is 2.34. The Kier molecular flexibility index (Phi) is 9.24. The van der Waals surface area contributed by atoms with E-state index in [0.717, 1.165) is 24.8 Å². The molecular formula is C22H33ClN2O5. The second-order valence-electron chi connectivity index (χ2n) is 8.45. The molecule has 1 saturated heterocycles. The lowest BCUT2D eigenvalue weighted by atomic mass is 9.91. The minimum Gasteiger partial charge on any atom is -0.453 e. The molecule has 0 spiro atoms. The van der Waals surface area contributed by atoms with Crippen molar-refractivity contribution < 1.29 is 23.8 Å². The number of halogens is 1. The van der Waals surface area contributed by atoms with Crippen LogP contribution in [0.15, 0.2) is 24.3 Å². The molecule has 1 heterocycles. The first kappa shape index (κ1) is 24.3. The van der Waals surface area contributed by atoms with Gasteiger partial charge in [0, 0.05) is 30.6 Å². The van der Waals surface area contributed by atoms with Crippen molar-refractivity contribution in [2.24, 2.45) is 5.92 Å². The smallest absolute Gasteiger partial charge is 0.410 e. The molecule has 0 radical (unpaired) electrons. The van der Waals surface area contributed by atoms with Gasteiger partial charge in [0.05, 0.1) is 19.8 Å². The predicted octanol–water partition coefficient (Wildman–Crippen LogP) is 4.79. The Labute approximate surface area is 184 Å². The molecule has 1 fully saturated rings. The third-order valence-corrected chi connectivity index (χ3v) is 5.05. The zero-order valence-corrected chi connectivity index (χ0v) is 19.0. The van der Waals surface area contributed by atoms with Gasteiger partial charge in [0.15, 0.2) is 0 Å². The number of carbonyl (C=O) groups is 2. The standard InChI is InChI=1S/C22H33ClN2O5/c1-22(2,3)30-21(27)25-12-6-5-8-17(15-25)19(16-9-7-10-18(23)14-16)29-13-11-24-20(26)28-4/h7,9-10,14,17,19H,5-6,8,11-13,15H2,1-4H3,(H,24,26)/t17?,19-/m0/s1. The van der Waals surface area contributed by atoms with E-state index in [2.05, 4.69) is 10.1 Å². The van der Waals surface area contributed by atoms with Crippen LogP contribution in [0.3, 0.4) is 0 Å². The zero-order chi connectivity index (χ0) is 22.1. The molecule has 168 valence electrons. The maximum absolute atomic E-state index is 12.7. The molecule has 7 nitrogen and oxygen atoms in total. The van der Waals surface area contributed by atoms with Gasteiger partial charge in [-0.05, 0) is 51.3 Å². The van der Waals surface area contributed by atoms with Gasteiger partial charge < -0.3 is 24.4 Å². The summed E-state index contributed by atoms with van der Waals surface area (Å²) in [7, 11) is 1.32. The molecule has 2 atom stereocenters. The number of carbonyl (C=O) groups excluding carboxylic acids is 2. The van der Waals surface area contributed by atoms with Crippen LogP contribution in [0.25, 0.3) is 0 Å². The Hall–Kier alpha value is -1.99. The summed E-state index contributed by atoms with van der Waals surface area (Å²) in [5.74, 6) is 0.0802. The summed E-state index contributed by atoms with van der Waals surface area (Å²) in [6.07, 6.45) is 1.77. The molecule has 0 saturated carbocycles. The molecule has 2 amide bonds. The summed E-state index contributed by atoms with van der Waals surface area (Å²) in [5.41, 5.74) is 0.415. The fourth-order valence-electron chi connectivity index (χ4n) is 3.51. The van der Waals surface area contributed by atoms with Crippen LogP contribution in [-0.2, 0) is 14.2 Å². The van der Waals surface area contributed by atoms with Crippen molar-refractivity contribution in [3.8, 4) is 0 Å². The Balaban J connectivity index is 2.14. The number of rotatable bonds is 6. The molecule has 1 aromatic rings. The first-order chi connectivity index (χ1) is 14.2. The fourth-order valence-corrected chi connectivity index (χ4v) is 3.71.